The number of benzene rings is 1. The van der Waals surface area contributed by atoms with Crippen LogP contribution in [0.4, 0.5) is 11.5 Å². The summed E-state index contributed by atoms with van der Waals surface area (Å²) in [5.41, 5.74) is 3.84. The van der Waals surface area contributed by atoms with Gasteiger partial charge in [-0.3, -0.25) is 4.79 Å². The third-order valence-corrected chi connectivity index (χ3v) is 5.39. The number of carbonyl (C=O) groups excluding carboxylic acids is 1. The lowest BCUT2D eigenvalue weighted by Crippen LogP contribution is -2.37. The summed E-state index contributed by atoms with van der Waals surface area (Å²) >= 11 is 0. The molecule has 132 valence electrons. The highest BCUT2D eigenvalue weighted by atomic mass is 16.2. The number of nitrogens with one attached hydrogen (secondary N) is 1. The first-order valence-corrected chi connectivity index (χ1v) is 9.38. The molecule has 0 unspecified atom stereocenters. The zero-order chi connectivity index (χ0) is 17.2. The van der Waals surface area contributed by atoms with E-state index in [4.69, 9.17) is 0 Å². The van der Waals surface area contributed by atoms with Crippen molar-refractivity contribution in [1.29, 1.82) is 0 Å². The van der Waals surface area contributed by atoms with E-state index < -0.39 is 0 Å². The maximum absolute atomic E-state index is 12.6. The second-order valence-corrected chi connectivity index (χ2v) is 7.30. The first-order chi connectivity index (χ1) is 12.2. The number of hydrogen-bond acceptors (Lipinski definition) is 3. The number of amides is 1. The summed E-state index contributed by atoms with van der Waals surface area (Å²) in [6, 6.07) is 8.87. The Hall–Kier alpha value is -2.30. The van der Waals surface area contributed by atoms with Crippen LogP contribution in [-0.4, -0.2) is 28.8 Å². The van der Waals surface area contributed by atoms with E-state index in [-0.39, 0.29) is 5.91 Å². The number of hydrogen-bond donors (Lipinski definition) is 1. The van der Waals surface area contributed by atoms with Crippen LogP contribution in [0.2, 0.25) is 0 Å². The molecule has 2 heterocycles. The number of nitrogens with zero attached hydrogens (tertiary/aromatic N) is 3. The van der Waals surface area contributed by atoms with Crippen LogP contribution in [0.3, 0.4) is 0 Å². The van der Waals surface area contributed by atoms with Gasteiger partial charge in [0.25, 0.3) is 0 Å². The molecule has 1 aromatic heterocycles. The summed E-state index contributed by atoms with van der Waals surface area (Å²) in [4.78, 5) is 14.8. The number of rotatable bonds is 4. The summed E-state index contributed by atoms with van der Waals surface area (Å²) < 4.78 is 2.00. The van der Waals surface area contributed by atoms with Crippen LogP contribution in [0, 0.1) is 6.92 Å². The molecule has 1 amide bonds. The second-order valence-electron chi connectivity index (χ2n) is 7.30. The van der Waals surface area contributed by atoms with Gasteiger partial charge >= 0.3 is 0 Å². The highest BCUT2D eigenvalue weighted by Crippen LogP contribution is 2.31. The summed E-state index contributed by atoms with van der Waals surface area (Å²) in [6.45, 7) is 3.45. The van der Waals surface area contributed by atoms with E-state index in [1.807, 2.05) is 10.7 Å². The SMILES string of the molecule is Cc1ccc2c(c1)CCCN2CC(=O)Nc1ccnn1C1CCCC1. The van der Waals surface area contributed by atoms with Gasteiger partial charge in [0.15, 0.2) is 0 Å². The topological polar surface area (TPSA) is 50.2 Å². The van der Waals surface area contributed by atoms with E-state index in [1.54, 1.807) is 6.20 Å². The average molecular weight is 338 g/mol. The molecule has 2 aromatic rings. The highest BCUT2D eigenvalue weighted by molar-refractivity contribution is 5.93. The molecule has 1 N–H and O–H groups in total. The van der Waals surface area contributed by atoms with Gasteiger partial charge in [-0.1, -0.05) is 30.5 Å². The van der Waals surface area contributed by atoms with Gasteiger partial charge < -0.3 is 10.2 Å². The van der Waals surface area contributed by atoms with E-state index in [0.29, 0.717) is 12.6 Å². The maximum atomic E-state index is 12.6. The highest BCUT2D eigenvalue weighted by Gasteiger charge is 2.22. The summed E-state index contributed by atoms with van der Waals surface area (Å²) in [6.07, 6.45) is 8.80. The van der Waals surface area contributed by atoms with Gasteiger partial charge in [-0.2, -0.15) is 5.10 Å². The fraction of sp³-hybridized carbons (Fsp3) is 0.500. The van der Waals surface area contributed by atoms with Crippen molar-refractivity contribution in [3.63, 3.8) is 0 Å². The standard InChI is InChI=1S/C20H26N4O/c1-15-8-9-18-16(13-15)5-4-12-23(18)14-20(25)22-19-10-11-21-24(19)17-6-2-3-7-17/h8-11,13,17H,2-7,12,14H2,1H3,(H,22,25). The largest absolute Gasteiger partial charge is 0.362 e. The first-order valence-electron chi connectivity index (χ1n) is 9.38. The first kappa shape index (κ1) is 16.2. The third-order valence-electron chi connectivity index (χ3n) is 5.39. The summed E-state index contributed by atoms with van der Waals surface area (Å²) in [5.74, 6) is 0.867. The Morgan fingerprint density at radius 2 is 2.08 bits per heavy atom. The average Bonchev–Trinajstić information content (AvgIpc) is 3.25. The van der Waals surface area contributed by atoms with Crippen molar-refractivity contribution in [2.45, 2.75) is 51.5 Å². The molecule has 1 aromatic carbocycles. The minimum absolute atomic E-state index is 0.0353. The molecule has 25 heavy (non-hydrogen) atoms. The van der Waals surface area contributed by atoms with E-state index >= 15 is 0 Å². The van der Waals surface area contributed by atoms with Gasteiger partial charge in [0.05, 0.1) is 18.8 Å². The molecule has 0 radical (unpaired) electrons. The maximum Gasteiger partial charge on any atom is 0.245 e. The van der Waals surface area contributed by atoms with Crippen molar-refractivity contribution in [2.75, 3.05) is 23.3 Å². The van der Waals surface area contributed by atoms with Crippen molar-refractivity contribution in [3.8, 4) is 0 Å². The lowest BCUT2D eigenvalue weighted by molar-refractivity contribution is -0.115. The van der Waals surface area contributed by atoms with Gasteiger partial charge in [-0.05, 0) is 44.2 Å². The zero-order valence-corrected chi connectivity index (χ0v) is 14.9. The van der Waals surface area contributed by atoms with E-state index in [2.05, 4.69) is 40.4 Å². The minimum Gasteiger partial charge on any atom is -0.362 e. The Morgan fingerprint density at radius 3 is 2.92 bits per heavy atom. The number of carbonyl (C=O) groups is 1. The van der Waals surface area contributed by atoms with Crippen LogP contribution < -0.4 is 10.2 Å². The van der Waals surface area contributed by atoms with Gasteiger partial charge in [0.2, 0.25) is 5.91 Å². The minimum atomic E-state index is 0.0353. The predicted molar refractivity (Wildman–Crippen MR) is 100 cm³/mol. The summed E-state index contributed by atoms with van der Waals surface area (Å²) in [5, 5.41) is 7.51. The van der Waals surface area contributed by atoms with Crippen molar-refractivity contribution >= 4 is 17.4 Å². The Balaban J connectivity index is 1.45. The van der Waals surface area contributed by atoms with Gasteiger partial charge in [-0.15, -0.1) is 0 Å². The second kappa shape index (κ2) is 6.90. The molecule has 1 aliphatic carbocycles. The number of aryl methyl sites for hydroxylation is 2. The van der Waals surface area contributed by atoms with Crippen molar-refractivity contribution in [1.82, 2.24) is 9.78 Å². The molecule has 0 atom stereocenters. The monoisotopic (exact) mass is 338 g/mol. The Kier molecular flexibility index (Phi) is 4.47. The smallest absolute Gasteiger partial charge is 0.245 e. The molecular formula is C20H26N4O. The molecule has 0 bridgehead atoms. The van der Waals surface area contributed by atoms with Crippen molar-refractivity contribution in [2.24, 2.45) is 0 Å². The molecule has 2 aliphatic rings. The third kappa shape index (κ3) is 3.41. The number of anilines is 2. The molecular weight excluding hydrogens is 312 g/mol. The quantitative estimate of drug-likeness (QED) is 0.925. The van der Waals surface area contributed by atoms with Gasteiger partial charge in [0.1, 0.15) is 5.82 Å². The fourth-order valence-electron chi connectivity index (χ4n) is 4.18. The lowest BCUT2D eigenvalue weighted by Gasteiger charge is -2.31. The van der Waals surface area contributed by atoms with Crippen LogP contribution in [0.5, 0.6) is 0 Å². The van der Waals surface area contributed by atoms with Crippen molar-refractivity contribution < 1.29 is 4.79 Å². The molecule has 1 saturated carbocycles. The molecule has 1 aliphatic heterocycles. The summed E-state index contributed by atoms with van der Waals surface area (Å²) in [7, 11) is 0. The Bertz CT molecular complexity index is 761. The van der Waals surface area contributed by atoms with Crippen molar-refractivity contribution in [3.05, 3.63) is 41.6 Å². The fourth-order valence-corrected chi connectivity index (χ4v) is 4.18. The normalized spacial score (nSPS) is 17.6. The molecule has 0 saturated heterocycles. The van der Waals surface area contributed by atoms with Gasteiger partial charge in [-0.25, -0.2) is 4.68 Å². The van der Waals surface area contributed by atoms with E-state index in [9.17, 15) is 4.79 Å². The lowest BCUT2D eigenvalue weighted by atomic mass is 9.99. The molecule has 4 rings (SSSR count). The van der Waals surface area contributed by atoms with Crippen LogP contribution in [0.15, 0.2) is 30.5 Å². The number of fused-ring (bicyclic) bond motifs is 1. The van der Waals surface area contributed by atoms with Crippen LogP contribution in [0.25, 0.3) is 0 Å². The van der Waals surface area contributed by atoms with E-state index in [0.717, 1.165) is 38.0 Å². The van der Waals surface area contributed by atoms with Crippen LogP contribution in [-0.2, 0) is 11.2 Å². The molecule has 5 nitrogen and oxygen atoms in total. The van der Waals surface area contributed by atoms with E-state index in [1.165, 1.54) is 29.7 Å². The Morgan fingerprint density at radius 1 is 1.24 bits per heavy atom. The predicted octanol–water partition coefficient (Wildman–Crippen LogP) is 3.70. The zero-order valence-electron chi connectivity index (χ0n) is 14.9. The molecule has 1 fully saturated rings. The van der Waals surface area contributed by atoms with Crippen LogP contribution in [0.1, 0.15) is 49.3 Å². The van der Waals surface area contributed by atoms with Crippen LogP contribution >= 0.6 is 0 Å². The number of aromatic nitrogens is 2. The Labute approximate surface area is 149 Å². The molecule has 0 spiro atoms. The molecule has 5 heteroatoms. The van der Waals surface area contributed by atoms with Gasteiger partial charge in [0, 0.05) is 18.3 Å².